The highest BCUT2D eigenvalue weighted by atomic mass is 35.5. The van der Waals surface area contributed by atoms with Gasteiger partial charge in [-0.2, -0.15) is 0 Å². The van der Waals surface area contributed by atoms with Crippen molar-refractivity contribution in [3.8, 4) is 0 Å². The van der Waals surface area contributed by atoms with Gasteiger partial charge in [-0.15, -0.1) is 0 Å². The fourth-order valence-electron chi connectivity index (χ4n) is 1.20. The van der Waals surface area contributed by atoms with Gasteiger partial charge in [-0.25, -0.2) is 9.37 Å². The standard InChI is InChI=1S/C10H6Cl2FN3O/c11-5-2-1-3-6(8(5)13)16-9-7(12)10(17)15-4-14-9/h1-4H,(H2,14,15,16,17). The van der Waals surface area contributed by atoms with Gasteiger partial charge < -0.3 is 10.3 Å². The summed E-state index contributed by atoms with van der Waals surface area (Å²) in [6.07, 6.45) is 1.17. The Labute approximate surface area is 105 Å². The van der Waals surface area contributed by atoms with E-state index in [1.807, 2.05) is 0 Å². The zero-order chi connectivity index (χ0) is 12.4. The summed E-state index contributed by atoms with van der Waals surface area (Å²) in [5, 5.41) is 2.42. The first-order valence-corrected chi connectivity index (χ1v) is 5.29. The van der Waals surface area contributed by atoms with Crippen LogP contribution in [0.5, 0.6) is 0 Å². The SMILES string of the molecule is O=c1[nH]cnc(Nc2cccc(Cl)c2F)c1Cl. The van der Waals surface area contributed by atoms with Gasteiger partial charge in [0.05, 0.1) is 17.0 Å². The van der Waals surface area contributed by atoms with Crippen LogP contribution >= 0.6 is 23.2 Å². The molecule has 0 spiro atoms. The monoisotopic (exact) mass is 273 g/mol. The van der Waals surface area contributed by atoms with Gasteiger partial charge in [-0.3, -0.25) is 4.79 Å². The molecule has 0 radical (unpaired) electrons. The lowest BCUT2D eigenvalue weighted by atomic mass is 10.3. The number of H-pyrrole nitrogens is 1. The van der Waals surface area contributed by atoms with Crippen molar-refractivity contribution in [1.82, 2.24) is 9.97 Å². The van der Waals surface area contributed by atoms with Gasteiger partial charge in [0.25, 0.3) is 5.56 Å². The lowest BCUT2D eigenvalue weighted by Crippen LogP contribution is -2.10. The molecule has 2 N–H and O–H groups in total. The lowest BCUT2D eigenvalue weighted by Gasteiger charge is -2.07. The van der Waals surface area contributed by atoms with Crippen LogP contribution in [0.25, 0.3) is 0 Å². The van der Waals surface area contributed by atoms with E-state index in [4.69, 9.17) is 23.2 Å². The fraction of sp³-hybridized carbons (Fsp3) is 0. The number of nitrogens with zero attached hydrogens (tertiary/aromatic N) is 1. The molecule has 0 fully saturated rings. The van der Waals surface area contributed by atoms with E-state index in [0.29, 0.717) is 0 Å². The molecule has 1 aromatic heterocycles. The first-order chi connectivity index (χ1) is 8.09. The molecule has 0 bridgehead atoms. The zero-order valence-corrected chi connectivity index (χ0v) is 9.81. The molecule has 0 atom stereocenters. The first kappa shape index (κ1) is 11.9. The average Bonchev–Trinajstić information content (AvgIpc) is 2.31. The van der Waals surface area contributed by atoms with Crippen molar-refractivity contribution in [2.75, 3.05) is 5.32 Å². The topological polar surface area (TPSA) is 57.8 Å². The Hall–Kier alpha value is -1.59. The summed E-state index contributed by atoms with van der Waals surface area (Å²) in [5.74, 6) is -0.566. The molecular formula is C10H6Cl2FN3O. The highest BCUT2D eigenvalue weighted by molar-refractivity contribution is 6.33. The highest BCUT2D eigenvalue weighted by Gasteiger charge is 2.10. The van der Waals surface area contributed by atoms with Gasteiger partial charge in [-0.1, -0.05) is 29.3 Å². The minimum absolute atomic E-state index is 0.0315. The van der Waals surface area contributed by atoms with Crippen molar-refractivity contribution in [3.05, 3.63) is 50.7 Å². The number of aromatic amines is 1. The fourth-order valence-corrected chi connectivity index (χ4v) is 1.52. The second kappa shape index (κ2) is 4.73. The Morgan fingerprint density at radius 2 is 2.12 bits per heavy atom. The maximum absolute atomic E-state index is 13.6. The molecule has 7 heteroatoms. The molecule has 0 aliphatic rings. The van der Waals surface area contributed by atoms with Crippen LogP contribution in [0.1, 0.15) is 0 Å². The molecule has 0 saturated carbocycles. The van der Waals surface area contributed by atoms with Crippen LogP contribution in [0.4, 0.5) is 15.9 Å². The zero-order valence-electron chi connectivity index (χ0n) is 8.30. The van der Waals surface area contributed by atoms with Crippen LogP contribution in [0, 0.1) is 5.82 Å². The van der Waals surface area contributed by atoms with E-state index in [2.05, 4.69) is 15.3 Å². The first-order valence-electron chi connectivity index (χ1n) is 4.54. The Balaban J connectivity index is 2.42. The number of halogens is 3. The van der Waals surface area contributed by atoms with Gasteiger partial charge in [0.2, 0.25) is 0 Å². The van der Waals surface area contributed by atoms with Crippen molar-refractivity contribution < 1.29 is 4.39 Å². The lowest BCUT2D eigenvalue weighted by molar-refractivity contribution is 0.632. The molecular weight excluding hydrogens is 268 g/mol. The number of aromatic nitrogens is 2. The molecule has 1 heterocycles. The summed E-state index contributed by atoms with van der Waals surface area (Å²) in [6, 6.07) is 4.43. The summed E-state index contributed by atoms with van der Waals surface area (Å²) in [4.78, 5) is 17.3. The minimum atomic E-state index is -0.632. The number of nitrogens with one attached hydrogen (secondary N) is 2. The van der Waals surface area contributed by atoms with Crippen molar-refractivity contribution in [3.63, 3.8) is 0 Å². The molecule has 1 aromatic carbocycles. The van der Waals surface area contributed by atoms with Crippen molar-refractivity contribution in [1.29, 1.82) is 0 Å². The summed E-state index contributed by atoms with van der Waals surface area (Å²) < 4.78 is 13.6. The molecule has 0 aliphatic heterocycles. The largest absolute Gasteiger partial charge is 0.336 e. The van der Waals surface area contributed by atoms with E-state index >= 15 is 0 Å². The van der Waals surface area contributed by atoms with E-state index in [9.17, 15) is 9.18 Å². The number of benzene rings is 1. The average molecular weight is 274 g/mol. The maximum atomic E-state index is 13.6. The van der Waals surface area contributed by atoms with E-state index in [1.54, 1.807) is 6.07 Å². The van der Waals surface area contributed by atoms with E-state index in [1.165, 1.54) is 18.5 Å². The summed E-state index contributed by atoms with van der Waals surface area (Å²) in [6.45, 7) is 0. The number of anilines is 2. The van der Waals surface area contributed by atoms with E-state index in [-0.39, 0.29) is 21.6 Å². The third-order valence-electron chi connectivity index (χ3n) is 2.00. The summed E-state index contributed by atoms with van der Waals surface area (Å²) >= 11 is 11.3. The second-order valence-corrected chi connectivity index (χ2v) is 3.91. The number of hydrogen-bond acceptors (Lipinski definition) is 3. The Kier molecular flexibility index (Phi) is 3.31. The predicted octanol–water partition coefficient (Wildman–Crippen LogP) is 2.96. The molecule has 0 aliphatic carbocycles. The molecule has 2 rings (SSSR count). The van der Waals surface area contributed by atoms with Gasteiger partial charge in [0, 0.05) is 0 Å². The normalized spacial score (nSPS) is 10.3. The quantitative estimate of drug-likeness (QED) is 0.885. The third kappa shape index (κ3) is 2.40. The minimum Gasteiger partial charge on any atom is -0.336 e. The number of hydrogen-bond donors (Lipinski definition) is 2. The highest BCUT2D eigenvalue weighted by Crippen LogP contribution is 2.26. The molecule has 0 amide bonds. The van der Waals surface area contributed by atoms with Gasteiger partial charge >= 0.3 is 0 Å². The van der Waals surface area contributed by atoms with Crippen LogP contribution in [-0.2, 0) is 0 Å². The van der Waals surface area contributed by atoms with Crippen LogP contribution in [0.2, 0.25) is 10.0 Å². The van der Waals surface area contributed by atoms with Crippen molar-refractivity contribution in [2.45, 2.75) is 0 Å². The molecule has 2 aromatic rings. The molecule has 0 saturated heterocycles. The summed E-state index contributed by atoms with van der Waals surface area (Å²) in [7, 11) is 0. The van der Waals surface area contributed by atoms with Crippen molar-refractivity contribution >= 4 is 34.7 Å². The third-order valence-corrected chi connectivity index (χ3v) is 2.64. The van der Waals surface area contributed by atoms with Crippen LogP contribution in [-0.4, -0.2) is 9.97 Å². The predicted molar refractivity (Wildman–Crippen MR) is 64.6 cm³/mol. The van der Waals surface area contributed by atoms with Crippen molar-refractivity contribution in [2.24, 2.45) is 0 Å². The van der Waals surface area contributed by atoms with Crippen LogP contribution in [0.3, 0.4) is 0 Å². The summed E-state index contributed by atoms with van der Waals surface area (Å²) in [5.41, 5.74) is -0.413. The van der Waals surface area contributed by atoms with Gasteiger partial charge in [0.15, 0.2) is 11.6 Å². The smallest absolute Gasteiger partial charge is 0.271 e. The maximum Gasteiger partial charge on any atom is 0.271 e. The Morgan fingerprint density at radius 1 is 1.35 bits per heavy atom. The molecule has 0 unspecified atom stereocenters. The van der Waals surface area contributed by atoms with Gasteiger partial charge in [0.1, 0.15) is 5.02 Å². The Bertz CT molecular complexity index is 615. The second-order valence-electron chi connectivity index (χ2n) is 3.12. The van der Waals surface area contributed by atoms with Crippen LogP contribution in [0.15, 0.2) is 29.3 Å². The van der Waals surface area contributed by atoms with E-state index in [0.717, 1.165) is 0 Å². The molecule has 17 heavy (non-hydrogen) atoms. The Morgan fingerprint density at radius 3 is 2.88 bits per heavy atom. The molecule has 4 nitrogen and oxygen atoms in total. The van der Waals surface area contributed by atoms with E-state index < -0.39 is 11.4 Å². The molecule has 88 valence electrons. The van der Waals surface area contributed by atoms with Crippen LogP contribution < -0.4 is 10.9 Å². The number of rotatable bonds is 2. The van der Waals surface area contributed by atoms with Gasteiger partial charge in [-0.05, 0) is 12.1 Å².